The third kappa shape index (κ3) is 3.60. The van der Waals surface area contributed by atoms with Gasteiger partial charge in [-0.3, -0.25) is 0 Å². The van der Waals surface area contributed by atoms with Gasteiger partial charge in [0.15, 0.2) is 11.5 Å². The Labute approximate surface area is 153 Å². The Kier molecular flexibility index (Phi) is 4.66. The summed E-state index contributed by atoms with van der Waals surface area (Å²) < 4.78 is 12.2. The third-order valence-corrected chi connectivity index (χ3v) is 4.01. The van der Waals surface area contributed by atoms with Crippen LogP contribution in [0.5, 0.6) is 23.0 Å². The standard InChI is InChI=1S/C24H18O2/c1-3-11-19(12-4-1)21-15-7-8-16-22(21)26-24-18-10-9-17-23(24)25-20-13-5-2-6-14-20/h1-18H. The molecule has 126 valence electrons. The topological polar surface area (TPSA) is 18.5 Å². The van der Waals surface area contributed by atoms with Gasteiger partial charge in [0, 0.05) is 5.56 Å². The molecule has 26 heavy (non-hydrogen) atoms. The predicted molar refractivity (Wildman–Crippen MR) is 105 cm³/mol. The minimum atomic E-state index is 0.680. The Morgan fingerprint density at radius 1 is 0.385 bits per heavy atom. The van der Waals surface area contributed by atoms with E-state index in [2.05, 4.69) is 18.2 Å². The van der Waals surface area contributed by atoms with Crippen molar-refractivity contribution in [3.8, 4) is 34.1 Å². The van der Waals surface area contributed by atoms with E-state index in [-0.39, 0.29) is 0 Å². The molecule has 4 aromatic carbocycles. The SMILES string of the molecule is c1ccc(Oc2ccccc2Oc2ccccc2-c2ccccc2)cc1. The monoisotopic (exact) mass is 338 g/mol. The van der Waals surface area contributed by atoms with Crippen LogP contribution in [-0.4, -0.2) is 0 Å². The maximum absolute atomic E-state index is 6.24. The van der Waals surface area contributed by atoms with E-state index in [1.54, 1.807) is 0 Å². The zero-order valence-corrected chi connectivity index (χ0v) is 14.2. The quantitative estimate of drug-likeness (QED) is 0.392. The van der Waals surface area contributed by atoms with E-state index >= 15 is 0 Å². The van der Waals surface area contributed by atoms with Crippen molar-refractivity contribution in [2.75, 3.05) is 0 Å². The van der Waals surface area contributed by atoms with Crippen molar-refractivity contribution in [2.45, 2.75) is 0 Å². The van der Waals surface area contributed by atoms with Crippen LogP contribution in [0.25, 0.3) is 11.1 Å². The highest BCUT2D eigenvalue weighted by Gasteiger charge is 2.10. The number of hydrogen-bond donors (Lipinski definition) is 0. The molecule has 0 bridgehead atoms. The predicted octanol–water partition coefficient (Wildman–Crippen LogP) is 6.94. The summed E-state index contributed by atoms with van der Waals surface area (Å²) in [6.07, 6.45) is 0. The van der Waals surface area contributed by atoms with Crippen molar-refractivity contribution < 1.29 is 9.47 Å². The van der Waals surface area contributed by atoms with Crippen molar-refractivity contribution >= 4 is 0 Å². The second-order valence-corrected chi connectivity index (χ2v) is 5.83. The summed E-state index contributed by atoms with van der Waals surface area (Å²) in [6.45, 7) is 0. The maximum atomic E-state index is 6.24. The molecule has 0 fully saturated rings. The second-order valence-electron chi connectivity index (χ2n) is 5.83. The highest BCUT2D eigenvalue weighted by Crippen LogP contribution is 2.38. The van der Waals surface area contributed by atoms with Crippen LogP contribution in [0.3, 0.4) is 0 Å². The van der Waals surface area contributed by atoms with Crippen LogP contribution in [0.4, 0.5) is 0 Å². The van der Waals surface area contributed by atoms with E-state index in [1.165, 1.54) is 0 Å². The zero-order chi connectivity index (χ0) is 17.6. The first-order valence-electron chi connectivity index (χ1n) is 8.54. The molecule has 0 aliphatic carbocycles. The van der Waals surface area contributed by atoms with E-state index in [0.29, 0.717) is 11.5 Å². The largest absolute Gasteiger partial charge is 0.453 e. The van der Waals surface area contributed by atoms with Gasteiger partial charge in [-0.25, -0.2) is 0 Å². The average Bonchev–Trinajstić information content (AvgIpc) is 2.71. The van der Waals surface area contributed by atoms with Crippen molar-refractivity contribution in [3.05, 3.63) is 109 Å². The molecule has 0 radical (unpaired) electrons. The van der Waals surface area contributed by atoms with Gasteiger partial charge >= 0.3 is 0 Å². The Morgan fingerprint density at radius 3 is 1.58 bits per heavy atom. The van der Waals surface area contributed by atoms with Crippen molar-refractivity contribution in [3.63, 3.8) is 0 Å². The van der Waals surface area contributed by atoms with Gasteiger partial charge in [-0.2, -0.15) is 0 Å². The van der Waals surface area contributed by atoms with E-state index < -0.39 is 0 Å². The smallest absolute Gasteiger partial charge is 0.169 e. The van der Waals surface area contributed by atoms with Gasteiger partial charge in [-0.15, -0.1) is 0 Å². The summed E-state index contributed by atoms with van der Waals surface area (Å²) in [5.41, 5.74) is 2.16. The molecule has 2 nitrogen and oxygen atoms in total. The molecule has 0 unspecified atom stereocenters. The van der Waals surface area contributed by atoms with Crippen LogP contribution in [-0.2, 0) is 0 Å². The van der Waals surface area contributed by atoms with Gasteiger partial charge in [0.25, 0.3) is 0 Å². The van der Waals surface area contributed by atoms with Crippen LogP contribution in [0.1, 0.15) is 0 Å². The van der Waals surface area contributed by atoms with Gasteiger partial charge < -0.3 is 9.47 Å². The zero-order valence-electron chi connectivity index (χ0n) is 14.2. The van der Waals surface area contributed by atoms with Crippen LogP contribution >= 0.6 is 0 Å². The van der Waals surface area contributed by atoms with E-state index in [1.807, 2.05) is 91.0 Å². The van der Waals surface area contributed by atoms with Gasteiger partial charge in [0.1, 0.15) is 11.5 Å². The Hall–Kier alpha value is -3.52. The van der Waals surface area contributed by atoms with Crippen LogP contribution in [0.2, 0.25) is 0 Å². The van der Waals surface area contributed by atoms with Crippen molar-refractivity contribution in [1.29, 1.82) is 0 Å². The lowest BCUT2D eigenvalue weighted by molar-refractivity contribution is 0.419. The lowest BCUT2D eigenvalue weighted by atomic mass is 10.0. The number of ether oxygens (including phenoxy) is 2. The molecule has 0 aliphatic heterocycles. The number of para-hydroxylation sites is 4. The van der Waals surface area contributed by atoms with Crippen molar-refractivity contribution in [1.82, 2.24) is 0 Å². The van der Waals surface area contributed by atoms with Crippen LogP contribution in [0.15, 0.2) is 109 Å². The first kappa shape index (κ1) is 16.0. The Bertz CT molecular complexity index is 979. The highest BCUT2D eigenvalue weighted by molar-refractivity contribution is 5.71. The molecule has 0 heterocycles. The molecule has 4 rings (SSSR count). The number of hydrogen-bond acceptors (Lipinski definition) is 2. The van der Waals surface area contributed by atoms with Crippen molar-refractivity contribution in [2.24, 2.45) is 0 Å². The number of benzene rings is 4. The molecule has 0 saturated heterocycles. The van der Waals surface area contributed by atoms with Gasteiger partial charge in [0.2, 0.25) is 0 Å². The van der Waals surface area contributed by atoms with Gasteiger partial charge in [0.05, 0.1) is 0 Å². The fraction of sp³-hybridized carbons (Fsp3) is 0. The molecule has 0 aromatic heterocycles. The minimum absolute atomic E-state index is 0.680. The summed E-state index contributed by atoms with van der Waals surface area (Å²) in [5, 5.41) is 0. The highest BCUT2D eigenvalue weighted by atomic mass is 16.5. The molecule has 0 N–H and O–H groups in total. The molecule has 0 aliphatic rings. The lowest BCUT2D eigenvalue weighted by Gasteiger charge is -2.15. The van der Waals surface area contributed by atoms with Gasteiger partial charge in [-0.05, 0) is 35.9 Å². The molecule has 0 amide bonds. The first-order valence-corrected chi connectivity index (χ1v) is 8.54. The lowest BCUT2D eigenvalue weighted by Crippen LogP contribution is -1.92. The normalized spacial score (nSPS) is 10.3. The summed E-state index contributed by atoms with van der Waals surface area (Å²) in [4.78, 5) is 0. The molecule has 0 atom stereocenters. The van der Waals surface area contributed by atoms with E-state index in [4.69, 9.17) is 9.47 Å². The molecule has 2 heteroatoms. The summed E-state index contributed by atoms with van der Waals surface area (Å²) in [6, 6.07) is 35.7. The molecule has 4 aromatic rings. The molecule has 0 spiro atoms. The molecule has 0 saturated carbocycles. The molecular weight excluding hydrogens is 320 g/mol. The third-order valence-electron chi connectivity index (χ3n) is 4.01. The second kappa shape index (κ2) is 7.58. The van der Waals surface area contributed by atoms with Crippen LogP contribution < -0.4 is 9.47 Å². The fourth-order valence-electron chi connectivity index (χ4n) is 2.76. The Balaban J connectivity index is 1.67. The summed E-state index contributed by atoms with van der Waals surface area (Å²) in [5.74, 6) is 2.93. The summed E-state index contributed by atoms with van der Waals surface area (Å²) >= 11 is 0. The number of rotatable bonds is 5. The molecular formula is C24H18O2. The average molecular weight is 338 g/mol. The minimum Gasteiger partial charge on any atom is -0.453 e. The van der Waals surface area contributed by atoms with E-state index in [9.17, 15) is 0 Å². The first-order chi connectivity index (χ1) is 12.9. The maximum Gasteiger partial charge on any atom is 0.169 e. The van der Waals surface area contributed by atoms with Crippen LogP contribution in [0, 0.1) is 0 Å². The Morgan fingerprint density at radius 2 is 0.885 bits per heavy atom. The van der Waals surface area contributed by atoms with E-state index in [0.717, 1.165) is 22.6 Å². The summed E-state index contributed by atoms with van der Waals surface area (Å²) in [7, 11) is 0. The van der Waals surface area contributed by atoms with Gasteiger partial charge in [-0.1, -0.05) is 78.9 Å². The fourth-order valence-corrected chi connectivity index (χ4v) is 2.76.